The molecule has 0 saturated heterocycles. The van der Waals surface area contributed by atoms with Crippen molar-refractivity contribution >= 4 is 24.4 Å². The molecule has 0 radical (unpaired) electrons. The van der Waals surface area contributed by atoms with Crippen LogP contribution in [0.4, 0.5) is 10.7 Å². The first-order valence-corrected chi connectivity index (χ1v) is 5.47. The van der Waals surface area contributed by atoms with Gasteiger partial charge in [-0.25, -0.2) is 0 Å². The normalized spacial score (nSPS) is 11.3. The summed E-state index contributed by atoms with van der Waals surface area (Å²) < 4.78 is 9.79. The van der Waals surface area contributed by atoms with Gasteiger partial charge in [-0.3, -0.25) is 4.79 Å². The van der Waals surface area contributed by atoms with E-state index in [4.69, 9.17) is 9.26 Å². The molecule has 0 aliphatic heterocycles. The van der Waals surface area contributed by atoms with E-state index in [1.165, 1.54) is 11.0 Å². The van der Waals surface area contributed by atoms with Crippen molar-refractivity contribution in [3.05, 3.63) is 11.5 Å². The van der Waals surface area contributed by atoms with E-state index in [1.807, 2.05) is 13.8 Å². The number of carbonyl (C=O) groups excluding carboxylic acids is 1. The van der Waals surface area contributed by atoms with Gasteiger partial charge in [-0.05, 0) is 5.92 Å². The summed E-state index contributed by atoms with van der Waals surface area (Å²) in [6.45, 7) is 4.40. The van der Waals surface area contributed by atoms with Gasteiger partial charge in [0.1, 0.15) is 5.88 Å². The standard InChI is InChI=1S/C10H18N4O3.ClH/c1-5-8(2)7-16-10(15)11-9-6-14(12-17-9)13(3)4;/h6,8H,5,7H2,1-4H3;1H/t8-;/m0./s1. The highest BCUT2D eigenvalue weighted by atomic mass is 35.5. The first kappa shape index (κ1) is 16.5. The van der Waals surface area contributed by atoms with Crippen molar-refractivity contribution in [2.75, 3.05) is 25.7 Å². The van der Waals surface area contributed by atoms with E-state index in [0.29, 0.717) is 12.5 Å². The fourth-order valence-electron chi connectivity index (χ4n) is 0.921. The Bertz CT molecular complexity index is 370. The molecule has 8 heteroatoms. The van der Waals surface area contributed by atoms with Gasteiger partial charge in [-0.1, -0.05) is 20.3 Å². The van der Waals surface area contributed by atoms with Gasteiger partial charge in [-0.15, -0.1) is 12.4 Å². The average molecular weight is 279 g/mol. The maximum atomic E-state index is 11.3. The van der Waals surface area contributed by atoms with E-state index in [-0.39, 0.29) is 18.3 Å². The monoisotopic (exact) mass is 278 g/mol. The van der Waals surface area contributed by atoms with Crippen LogP contribution in [0.3, 0.4) is 0 Å². The molecule has 0 saturated carbocycles. The number of halogens is 1. The van der Waals surface area contributed by atoms with Gasteiger partial charge in [0.15, 0.2) is 0 Å². The van der Waals surface area contributed by atoms with Crippen molar-refractivity contribution in [3.63, 3.8) is 0 Å². The molecule has 1 aromatic heterocycles. The van der Waals surface area contributed by atoms with Crippen molar-refractivity contribution in [1.29, 1.82) is 0 Å². The van der Waals surface area contributed by atoms with Gasteiger partial charge >= 0.3 is 0 Å². The summed E-state index contributed by atoms with van der Waals surface area (Å²) in [6.07, 6.45) is 1.79. The zero-order valence-corrected chi connectivity index (χ0v) is 11.8. The summed E-state index contributed by atoms with van der Waals surface area (Å²) in [4.78, 5) is 12.7. The molecule has 104 valence electrons. The second-order valence-corrected chi connectivity index (χ2v) is 4.01. The van der Waals surface area contributed by atoms with Crippen LogP contribution in [0.2, 0.25) is 0 Å². The molecule has 18 heavy (non-hydrogen) atoms. The lowest BCUT2D eigenvalue weighted by atomic mass is 10.1. The van der Waals surface area contributed by atoms with Crippen molar-refractivity contribution in [3.8, 4) is 0 Å². The molecule has 0 spiro atoms. The molecule has 1 aromatic rings. The summed E-state index contributed by atoms with van der Waals surface area (Å²) in [7, 11) is 3.57. The third kappa shape index (κ3) is 5.22. The van der Waals surface area contributed by atoms with E-state index >= 15 is 0 Å². The zero-order valence-electron chi connectivity index (χ0n) is 11.0. The maximum Gasteiger partial charge on any atom is 0.257 e. The van der Waals surface area contributed by atoms with E-state index in [1.54, 1.807) is 19.1 Å². The number of carbonyl (C=O) groups is 1. The fraction of sp³-hybridized carbons (Fsp3) is 0.700. The number of rotatable bonds is 5. The number of hydrogen-bond acceptors (Lipinski definition) is 5. The fourth-order valence-corrected chi connectivity index (χ4v) is 0.921. The smallest absolute Gasteiger partial charge is 0.257 e. The summed E-state index contributed by atoms with van der Waals surface area (Å²) in [5, 5.41) is 8.95. The highest BCUT2D eigenvalue weighted by Gasteiger charge is 2.09. The lowest BCUT2D eigenvalue weighted by Crippen LogP contribution is -2.53. The van der Waals surface area contributed by atoms with Crippen LogP contribution in [-0.2, 0) is 4.74 Å². The van der Waals surface area contributed by atoms with Crippen molar-refractivity contribution in [2.45, 2.75) is 20.3 Å². The Morgan fingerprint density at radius 3 is 2.83 bits per heavy atom. The van der Waals surface area contributed by atoms with Crippen molar-refractivity contribution in [1.82, 2.24) is 5.27 Å². The third-order valence-corrected chi connectivity index (χ3v) is 2.24. The Hall–Kier alpha value is -1.50. The van der Waals surface area contributed by atoms with Gasteiger partial charge < -0.3 is 14.6 Å². The summed E-state index contributed by atoms with van der Waals surface area (Å²) in [5.41, 5.74) is 0. The van der Waals surface area contributed by atoms with E-state index in [9.17, 15) is 4.79 Å². The molecule has 0 aliphatic rings. The summed E-state index contributed by atoms with van der Waals surface area (Å²) >= 11 is 0. The average Bonchev–Trinajstić information content (AvgIpc) is 2.74. The van der Waals surface area contributed by atoms with Gasteiger partial charge in [0.05, 0.1) is 25.5 Å². The maximum absolute atomic E-state index is 11.3. The molecule has 0 N–H and O–H groups in total. The number of aromatic nitrogens is 2. The largest absolute Gasteiger partial charge is 0.552 e. The lowest BCUT2D eigenvalue weighted by molar-refractivity contribution is -0.753. The molecule has 0 aliphatic carbocycles. The van der Waals surface area contributed by atoms with Gasteiger partial charge in [-0.2, -0.15) is 5.01 Å². The number of nitrogens with zero attached hydrogens (tertiary/aromatic N) is 4. The highest BCUT2D eigenvalue weighted by Crippen LogP contribution is 2.15. The number of amides is 1. The Morgan fingerprint density at radius 2 is 2.33 bits per heavy atom. The van der Waals surface area contributed by atoms with Gasteiger partial charge in [0, 0.05) is 0 Å². The molecule has 0 fully saturated rings. The molecule has 1 atom stereocenters. The number of hydrogen-bond donors (Lipinski definition) is 0. The second-order valence-electron chi connectivity index (χ2n) is 4.01. The predicted octanol–water partition coefficient (Wildman–Crippen LogP) is 1.77. The van der Waals surface area contributed by atoms with Crippen LogP contribution in [0.5, 0.6) is 0 Å². The van der Waals surface area contributed by atoms with Crippen LogP contribution in [0.1, 0.15) is 20.3 Å². The Morgan fingerprint density at radius 1 is 1.67 bits per heavy atom. The minimum absolute atomic E-state index is 0. The molecule has 0 bridgehead atoms. The minimum atomic E-state index is -0.660. The Balaban J connectivity index is 0.00000289. The van der Waals surface area contributed by atoms with Crippen LogP contribution in [0.25, 0.3) is 5.32 Å². The Kier molecular flexibility index (Phi) is 7.11. The first-order chi connectivity index (χ1) is 8.02. The molecule has 1 amide bonds. The SMILES string of the molecule is CC[C@H](C)COC(=O)[N-]c1c[n+](N(C)C)no1.Cl. The van der Waals surface area contributed by atoms with Crippen LogP contribution in [0, 0.1) is 5.92 Å². The lowest BCUT2D eigenvalue weighted by Gasteiger charge is -2.16. The molecule has 7 nitrogen and oxygen atoms in total. The van der Waals surface area contributed by atoms with Crippen molar-refractivity contribution in [2.24, 2.45) is 5.92 Å². The number of ether oxygens (including phenoxy) is 1. The van der Waals surface area contributed by atoms with Crippen LogP contribution in [-0.4, -0.2) is 32.1 Å². The first-order valence-electron chi connectivity index (χ1n) is 5.47. The van der Waals surface area contributed by atoms with E-state index in [2.05, 4.69) is 10.6 Å². The Labute approximate surface area is 112 Å². The van der Waals surface area contributed by atoms with Crippen LogP contribution < -0.4 is 9.80 Å². The topological polar surface area (TPSA) is 73.6 Å². The predicted molar refractivity (Wildman–Crippen MR) is 67.8 cm³/mol. The van der Waals surface area contributed by atoms with E-state index < -0.39 is 6.09 Å². The molecule has 1 rings (SSSR count). The van der Waals surface area contributed by atoms with Crippen LogP contribution in [0.15, 0.2) is 10.7 Å². The third-order valence-electron chi connectivity index (χ3n) is 2.24. The van der Waals surface area contributed by atoms with Crippen LogP contribution >= 0.6 is 12.4 Å². The molecule has 0 aromatic carbocycles. The minimum Gasteiger partial charge on any atom is -0.552 e. The molecule has 1 heterocycles. The molecule has 0 unspecified atom stereocenters. The highest BCUT2D eigenvalue weighted by molar-refractivity contribution is 5.88. The van der Waals surface area contributed by atoms with Gasteiger partial charge in [0.25, 0.3) is 6.20 Å². The van der Waals surface area contributed by atoms with Gasteiger partial charge in [0.2, 0.25) is 11.4 Å². The zero-order chi connectivity index (χ0) is 12.8. The second kappa shape index (κ2) is 7.75. The van der Waals surface area contributed by atoms with E-state index in [0.717, 1.165) is 6.42 Å². The quantitative estimate of drug-likeness (QED) is 0.768. The summed E-state index contributed by atoms with van der Waals surface area (Å²) in [6, 6.07) is 0. The van der Waals surface area contributed by atoms with Crippen molar-refractivity contribution < 1.29 is 18.8 Å². The molecular weight excluding hydrogens is 260 g/mol. The summed E-state index contributed by atoms with van der Waals surface area (Å²) in [5.74, 6) is 0.448. The molecular formula is C10H19ClN4O3.